The van der Waals surface area contributed by atoms with E-state index in [1.165, 1.54) is 15.6 Å². The number of hydrogen-bond donors (Lipinski definition) is 1. The van der Waals surface area contributed by atoms with Crippen molar-refractivity contribution < 1.29 is 13.5 Å². The topological polar surface area (TPSA) is 57.6 Å². The maximum absolute atomic E-state index is 12.4. The molecule has 0 saturated heterocycles. The molecule has 1 fully saturated rings. The van der Waals surface area contributed by atoms with Crippen molar-refractivity contribution in [2.45, 2.75) is 37.7 Å². The first-order valence-corrected chi connectivity index (χ1v) is 8.28. The average Bonchev–Trinajstić information content (AvgIpc) is 2.56. The summed E-state index contributed by atoms with van der Waals surface area (Å²) in [6.07, 6.45) is 1.18. The molecule has 0 unspecified atom stereocenters. The van der Waals surface area contributed by atoms with Gasteiger partial charge in [0.1, 0.15) is 0 Å². The van der Waals surface area contributed by atoms with E-state index in [0.29, 0.717) is 30.2 Å². The number of aliphatic hydroxyl groups is 1. The lowest BCUT2D eigenvalue weighted by Gasteiger charge is -2.34. The smallest absolute Gasteiger partial charge is 0.243 e. The van der Waals surface area contributed by atoms with Crippen molar-refractivity contribution in [1.82, 2.24) is 4.31 Å². The van der Waals surface area contributed by atoms with Crippen LogP contribution in [0.1, 0.15) is 22.6 Å². The highest BCUT2D eigenvalue weighted by Crippen LogP contribution is 2.31. The molecule has 0 bridgehead atoms. The van der Waals surface area contributed by atoms with Gasteiger partial charge in [-0.1, -0.05) is 0 Å². The van der Waals surface area contributed by atoms with Gasteiger partial charge in [-0.25, -0.2) is 12.7 Å². The molecule has 1 aliphatic rings. The molecule has 1 saturated carbocycles. The van der Waals surface area contributed by atoms with Gasteiger partial charge in [0.25, 0.3) is 0 Å². The largest absolute Gasteiger partial charge is 0.393 e. The van der Waals surface area contributed by atoms with Gasteiger partial charge in [0.15, 0.2) is 0 Å². The fourth-order valence-corrected chi connectivity index (χ4v) is 5.11. The summed E-state index contributed by atoms with van der Waals surface area (Å²) in [5.74, 6) is 0.291. The van der Waals surface area contributed by atoms with Gasteiger partial charge in [0.2, 0.25) is 10.0 Å². The summed E-state index contributed by atoms with van der Waals surface area (Å²) >= 11 is 1.51. The summed E-state index contributed by atoms with van der Waals surface area (Å²) in [4.78, 5) is 2.28. The summed E-state index contributed by atoms with van der Waals surface area (Å²) in [5, 5.41) is 9.23. The number of aryl methyl sites for hydroxylation is 2. The summed E-state index contributed by atoms with van der Waals surface area (Å²) in [5.41, 5.74) is 0. The Morgan fingerprint density at radius 3 is 2.50 bits per heavy atom. The number of hydrogen-bond acceptors (Lipinski definition) is 4. The molecular weight excluding hydrogens is 270 g/mol. The molecule has 0 atom stereocenters. The van der Waals surface area contributed by atoms with Gasteiger partial charge in [0, 0.05) is 23.3 Å². The van der Waals surface area contributed by atoms with E-state index in [1.807, 2.05) is 13.8 Å². The predicted molar refractivity (Wildman–Crippen MR) is 72.3 cm³/mol. The van der Waals surface area contributed by atoms with E-state index in [9.17, 15) is 13.5 Å². The molecule has 2 rings (SSSR count). The van der Waals surface area contributed by atoms with Crippen LogP contribution in [0.25, 0.3) is 0 Å². The minimum Gasteiger partial charge on any atom is -0.393 e. The third-order valence-corrected chi connectivity index (χ3v) is 6.45. The van der Waals surface area contributed by atoms with Crippen molar-refractivity contribution in [2.24, 2.45) is 5.92 Å². The van der Waals surface area contributed by atoms with Crippen LogP contribution in [0, 0.1) is 19.8 Å². The maximum Gasteiger partial charge on any atom is 0.243 e. The van der Waals surface area contributed by atoms with Crippen LogP contribution in [-0.2, 0) is 10.0 Å². The number of aliphatic hydroxyl groups excluding tert-OH is 1. The van der Waals surface area contributed by atoms with Crippen LogP contribution in [0.2, 0.25) is 0 Å². The van der Waals surface area contributed by atoms with E-state index in [1.54, 1.807) is 13.1 Å². The minimum atomic E-state index is -3.38. The Bertz CT molecular complexity index is 530. The Kier molecular flexibility index (Phi) is 3.82. The first-order chi connectivity index (χ1) is 8.30. The second-order valence-electron chi connectivity index (χ2n) is 5.05. The number of thiophene rings is 1. The fraction of sp³-hybridized carbons (Fsp3) is 0.667. The molecule has 102 valence electrons. The SMILES string of the molecule is Cc1cc(S(=O)(=O)N(C)CC2CC(O)C2)c(C)s1. The Hall–Kier alpha value is -0.430. The first-order valence-electron chi connectivity index (χ1n) is 6.02. The molecule has 1 aromatic heterocycles. The van der Waals surface area contributed by atoms with E-state index in [4.69, 9.17) is 0 Å². The quantitative estimate of drug-likeness (QED) is 0.919. The Morgan fingerprint density at radius 1 is 1.44 bits per heavy atom. The second-order valence-corrected chi connectivity index (χ2v) is 8.53. The van der Waals surface area contributed by atoms with Gasteiger partial charge < -0.3 is 5.11 Å². The van der Waals surface area contributed by atoms with Crippen LogP contribution in [0.4, 0.5) is 0 Å². The van der Waals surface area contributed by atoms with E-state index >= 15 is 0 Å². The third kappa shape index (κ3) is 2.61. The van der Waals surface area contributed by atoms with Crippen molar-refractivity contribution in [2.75, 3.05) is 13.6 Å². The average molecular weight is 289 g/mol. The minimum absolute atomic E-state index is 0.240. The molecule has 0 radical (unpaired) electrons. The van der Waals surface area contributed by atoms with Crippen LogP contribution >= 0.6 is 11.3 Å². The Balaban J connectivity index is 2.13. The molecule has 1 N–H and O–H groups in total. The second kappa shape index (κ2) is 4.92. The van der Waals surface area contributed by atoms with E-state index in [2.05, 4.69) is 0 Å². The van der Waals surface area contributed by atoms with Gasteiger partial charge in [-0.05, 0) is 38.7 Å². The molecular formula is C12H19NO3S2. The van der Waals surface area contributed by atoms with Crippen LogP contribution < -0.4 is 0 Å². The summed E-state index contributed by atoms with van der Waals surface area (Å²) < 4.78 is 26.2. The molecule has 0 aromatic carbocycles. The number of rotatable bonds is 4. The van der Waals surface area contributed by atoms with Crippen molar-refractivity contribution in [3.05, 3.63) is 15.8 Å². The van der Waals surface area contributed by atoms with Crippen LogP contribution in [0.5, 0.6) is 0 Å². The molecule has 0 amide bonds. The van der Waals surface area contributed by atoms with Gasteiger partial charge in [0.05, 0.1) is 11.0 Å². The fourth-order valence-electron chi connectivity index (χ4n) is 2.34. The van der Waals surface area contributed by atoms with Crippen molar-refractivity contribution in [3.8, 4) is 0 Å². The highest BCUT2D eigenvalue weighted by atomic mass is 32.2. The summed E-state index contributed by atoms with van der Waals surface area (Å²) in [6.45, 7) is 4.25. The summed E-state index contributed by atoms with van der Waals surface area (Å²) in [7, 11) is -1.76. The van der Waals surface area contributed by atoms with Gasteiger partial charge >= 0.3 is 0 Å². The van der Waals surface area contributed by atoms with E-state index in [0.717, 1.165) is 9.75 Å². The maximum atomic E-state index is 12.4. The van der Waals surface area contributed by atoms with E-state index < -0.39 is 10.0 Å². The third-order valence-electron chi connectivity index (χ3n) is 3.41. The molecule has 1 aliphatic carbocycles. The van der Waals surface area contributed by atoms with Crippen molar-refractivity contribution in [1.29, 1.82) is 0 Å². The molecule has 0 spiro atoms. The Morgan fingerprint density at radius 2 is 2.06 bits per heavy atom. The van der Waals surface area contributed by atoms with Crippen molar-refractivity contribution in [3.63, 3.8) is 0 Å². The highest BCUT2D eigenvalue weighted by molar-refractivity contribution is 7.89. The molecule has 18 heavy (non-hydrogen) atoms. The van der Waals surface area contributed by atoms with Crippen LogP contribution in [-0.4, -0.2) is 37.5 Å². The molecule has 6 heteroatoms. The molecule has 0 aliphatic heterocycles. The lowest BCUT2D eigenvalue weighted by Crippen LogP contribution is -2.39. The van der Waals surface area contributed by atoms with Gasteiger partial charge in [-0.3, -0.25) is 0 Å². The molecule has 4 nitrogen and oxygen atoms in total. The summed E-state index contributed by atoms with van der Waals surface area (Å²) in [6, 6.07) is 1.74. The lowest BCUT2D eigenvalue weighted by atomic mass is 9.82. The zero-order valence-electron chi connectivity index (χ0n) is 10.9. The monoisotopic (exact) mass is 289 g/mol. The number of sulfonamides is 1. The standard InChI is InChI=1S/C12H19NO3S2/c1-8-4-12(9(2)17-8)18(15,16)13(3)7-10-5-11(14)6-10/h4,10-11,14H,5-7H2,1-3H3. The zero-order valence-corrected chi connectivity index (χ0v) is 12.5. The van der Waals surface area contributed by atoms with Crippen LogP contribution in [0.3, 0.4) is 0 Å². The Labute approximate surface area is 112 Å². The number of nitrogens with zero attached hydrogens (tertiary/aromatic N) is 1. The van der Waals surface area contributed by atoms with Crippen molar-refractivity contribution >= 4 is 21.4 Å². The van der Waals surface area contributed by atoms with E-state index in [-0.39, 0.29) is 6.10 Å². The molecule has 1 aromatic rings. The lowest BCUT2D eigenvalue weighted by molar-refractivity contribution is 0.0367. The molecule has 1 heterocycles. The van der Waals surface area contributed by atoms with Gasteiger partial charge in [-0.15, -0.1) is 11.3 Å². The predicted octanol–water partition coefficient (Wildman–Crippen LogP) is 1.76. The van der Waals surface area contributed by atoms with Crippen LogP contribution in [0.15, 0.2) is 11.0 Å². The zero-order chi connectivity index (χ0) is 13.5. The normalized spacial score (nSPS) is 24.3. The first kappa shape index (κ1) is 14.0. The van der Waals surface area contributed by atoms with Gasteiger partial charge in [-0.2, -0.15) is 0 Å². The highest BCUT2D eigenvalue weighted by Gasteiger charge is 2.32.